The molecule has 2 unspecified atom stereocenters. The summed E-state index contributed by atoms with van der Waals surface area (Å²) < 4.78 is 33.9. The molecule has 0 radical (unpaired) electrons. The lowest BCUT2D eigenvalue weighted by Crippen LogP contribution is -2.52. The second-order valence-electron chi connectivity index (χ2n) is 9.43. The first kappa shape index (κ1) is 32.5. The Morgan fingerprint density at radius 1 is 0.951 bits per heavy atom. The maximum absolute atomic E-state index is 14.0. The van der Waals surface area contributed by atoms with Crippen LogP contribution in [0.15, 0.2) is 71.6 Å². The predicted molar refractivity (Wildman–Crippen MR) is 163 cm³/mol. The molecule has 0 saturated heterocycles. The molecular weight excluding hydrogens is 609 g/mol. The van der Waals surface area contributed by atoms with Gasteiger partial charge in [-0.25, -0.2) is 8.42 Å². The highest BCUT2D eigenvalue weighted by Crippen LogP contribution is 2.28. The molecular formula is C29H32Cl3N3O5S. The van der Waals surface area contributed by atoms with Crippen molar-refractivity contribution in [1.29, 1.82) is 0 Å². The first-order chi connectivity index (χ1) is 19.4. The Morgan fingerprint density at radius 2 is 1.63 bits per heavy atom. The molecule has 3 aromatic rings. The Hall–Kier alpha value is -2.98. The third kappa shape index (κ3) is 8.29. The van der Waals surface area contributed by atoms with Gasteiger partial charge in [-0.1, -0.05) is 53.9 Å². The Labute approximate surface area is 256 Å². The number of halogens is 3. The summed E-state index contributed by atoms with van der Waals surface area (Å²) in [4.78, 5) is 28.4. The number of methoxy groups -OCH3 is 1. The van der Waals surface area contributed by atoms with Crippen LogP contribution in [0, 0.1) is 0 Å². The molecule has 8 nitrogen and oxygen atoms in total. The number of nitrogens with one attached hydrogen (secondary N) is 1. The van der Waals surface area contributed by atoms with Gasteiger partial charge in [-0.05, 0) is 80.4 Å². The molecule has 0 aliphatic rings. The van der Waals surface area contributed by atoms with Crippen molar-refractivity contribution in [3.8, 4) is 5.75 Å². The van der Waals surface area contributed by atoms with Crippen molar-refractivity contribution < 1.29 is 22.7 Å². The van der Waals surface area contributed by atoms with Crippen molar-refractivity contribution in [1.82, 2.24) is 10.2 Å². The smallest absolute Gasteiger partial charge is 0.264 e. The van der Waals surface area contributed by atoms with Crippen LogP contribution in [-0.4, -0.2) is 50.9 Å². The zero-order valence-corrected chi connectivity index (χ0v) is 26.2. The quantitative estimate of drug-likeness (QED) is 0.255. The standard InChI is InChI=1S/C29H32Cl3N3O5S/c1-5-19(2)33-29(37)20(3)34(17-21-9-14-26(31)27(32)15-21)28(36)18-35(23-8-6-7-22(30)16-23)41(38,39)25-12-10-24(40-4)11-13-25/h6-16,19-20H,5,17-18H2,1-4H3,(H,33,37). The first-order valence-electron chi connectivity index (χ1n) is 12.8. The van der Waals surface area contributed by atoms with Gasteiger partial charge in [0.05, 0.1) is 27.7 Å². The molecule has 0 saturated carbocycles. The van der Waals surface area contributed by atoms with Gasteiger partial charge < -0.3 is 15.0 Å². The summed E-state index contributed by atoms with van der Waals surface area (Å²) in [6.07, 6.45) is 0.696. The molecule has 0 bridgehead atoms. The Balaban J connectivity index is 2.04. The van der Waals surface area contributed by atoms with E-state index in [1.165, 1.54) is 42.3 Å². The second-order valence-corrected chi connectivity index (χ2v) is 12.5. The lowest BCUT2D eigenvalue weighted by Gasteiger charge is -2.32. The minimum atomic E-state index is -4.25. The Morgan fingerprint density at radius 3 is 2.22 bits per heavy atom. The maximum Gasteiger partial charge on any atom is 0.264 e. The fourth-order valence-electron chi connectivity index (χ4n) is 3.92. The van der Waals surface area contributed by atoms with Gasteiger partial charge in [0.1, 0.15) is 18.3 Å². The van der Waals surface area contributed by atoms with E-state index in [9.17, 15) is 18.0 Å². The van der Waals surface area contributed by atoms with E-state index in [2.05, 4.69) is 5.32 Å². The highest BCUT2D eigenvalue weighted by Gasteiger charge is 2.33. The molecule has 2 amide bonds. The van der Waals surface area contributed by atoms with Crippen molar-refractivity contribution in [3.05, 3.63) is 87.4 Å². The van der Waals surface area contributed by atoms with Gasteiger partial charge in [-0.15, -0.1) is 0 Å². The minimum Gasteiger partial charge on any atom is -0.497 e. The van der Waals surface area contributed by atoms with E-state index in [0.717, 1.165) is 4.31 Å². The normalized spacial score (nSPS) is 12.8. The van der Waals surface area contributed by atoms with Gasteiger partial charge in [0.15, 0.2) is 0 Å². The average Bonchev–Trinajstić information content (AvgIpc) is 2.95. The number of carbonyl (C=O) groups excluding carboxylic acids is 2. The van der Waals surface area contributed by atoms with Crippen LogP contribution < -0.4 is 14.4 Å². The lowest BCUT2D eigenvalue weighted by molar-refractivity contribution is -0.139. The number of nitrogens with zero attached hydrogens (tertiary/aromatic N) is 2. The highest BCUT2D eigenvalue weighted by molar-refractivity contribution is 7.92. The van der Waals surface area contributed by atoms with Gasteiger partial charge in [0.2, 0.25) is 11.8 Å². The van der Waals surface area contributed by atoms with E-state index in [1.54, 1.807) is 43.3 Å². The summed E-state index contributed by atoms with van der Waals surface area (Å²) in [6, 6.07) is 15.9. The summed E-state index contributed by atoms with van der Waals surface area (Å²) >= 11 is 18.5. The second kappa shape index (κ2) is 14.3. The SMILES string of the molecule is CCC(C)NC(=O)C(C)N(Cc1ccc(Cl)c(Cl)c1)C(=O)CN(c1cccc(Cl)c1)S(=O)(=O)c1ccc(OC)cc1. The number of rotatable bonds is 12. The first-order valence-corrected chi connectivity index (χ1v) is 15.4. The largest absolute Gasteiger partial charge is 0.497 e. The molecule has 41 heavy (non-hydrogen) atoms. The molecule has 0 aliphatic heterocycles. The van der Waals surface area contributed by atoms with Crippen molar-refractivity contribution in [2.75, 3.05) is 18.0 Å². The van der Waals surface area contributed by atoms with Crippen LogP contribution in [0.4, 0.5) is 5.69 Å². The average molecular weight is 641 g/mol. The third-order valence-corrected chi connectivity index (χ3v) is 9.29. The molecule has 3 aromatic carbocycles. The number of amides is 2. The number of hydrogen-bond donors (Lipinski definition) is 1. The van der Waals surface area contributed by atoms with Crippen LogP contribution in [0.3, 0.4) is 0 Å². The van der Waals surface area contributed by atoms with Crippen molar-refractivity contribution in [2.45, 2.75) is 50.7 Å². The molecule has 220 valence electrons. The number of anilines is 1. The van der Waals surface area contributed by atoms with Gasteiger partial charge in [-0.2, -0.15) is 0 Å². The minimum absolute atomic E-state index is 0.0171. The Bertz CT molecular complexity index is 1490. The summed E-state index contributed by atoms with van der Waals surface area (Å²) in [5, 5.41) is 3.81. The Kier molecular flexibility index (Phi) is 11.3. The van der Waals surface area contributed by atoms with Crippen molar-refractivity contribution in [2.24, 2.45) is 0 Å². The maximum atomic E-state index is 14.0. The molecule has 0 aromatic heterocycles. The van der Waals surface area contributed by atoms with Crippen molar-refractivity contribution in [3.63, 3.8) is 0 Å². The van der Waals surface area contributed by atoms with Crippen LogP contribution in [0.25, 0.3) is 0 Å². The molecule has 1 N–H and O–H groups in total. The lowest BCUT2D eigenvalue weighted by atomic mass is 10.1. The van der Waals surface area contributed by atoms with Crippen LogP contribution in [-0.2, 0) is 26.2 Å². The van der Waals surface area contributed by atoms with Crippen molar-refractivity contribution >= 4 is 62.3 Å². The monoisotopic (exact) mass is 639 g/mol. The third-order valence-electron chi connectivity index (χ3n) is 6.53. The van der Waals surface area contributed by atoms with E-state index in [0.29, 0.717) is 27.8 Å². The molecule has 0 aliphatic carbocycles. The van der Waals surface area contributed by atoms with E-state index in [-0.39, 0.29) is 34.1 Å². The molecule has 2 atom stereocenters. The number of ether oxygens (including phenoxy) is 1. The fraction of sp³-hybridized carbons (Fsp3) is 0.310. The van der Waals surface area contributed by atoms with E-state index in [4.69, 9.17) is 39.5 Å². The molecule has 0 fully saturated rings. The summed E-state index contributed by atoms with van der Waals surface area (Å²) in [7, 11) is -2.77. The highest BCUT2D eigenvalue weighted by atomic mass is 35.5. The van der Waals surface area contributed by atoms with E-state index in [1.807, 2.05) is 13.8 Å². The van der Waals surface area contributed by atoms with Gasteiger partial charge in [0.25, 0.3) is 10.0 Å². The van der Waals surface area contributed by atoms with E-state index < -0.39 is 28.5 Å². The zero-order valence-electron chi connectivity index (χ0n) is 23.1. The molecule has 0 heterocycles. The molecule has 12 heteroatoms. The van der Waals surface area contributed by atoms with Crippen LogP contribution in [0.1, 0.15) is 32.8 Å². The predicted octanol–water partition coefficient (Wildman–Crippen LogP) is 6.18. The fourth-order valence-corrected chi connectivity index (χ4v) is 5.83. The molecule has 0 spiro atoms. The molecule has 3 rings (SSSR count). The number of benzene rings is 3. The van der Waals surface area contributed by atoms with Gasteiger partial charge >= 0.3 is 0 Å². The summed E-state index contributed by atoms with van der Waals surface area (Å²) in [5.74, 6) is -0.511. The summed E-state index contributed by atoms with van der Waals surface area (Å²) in [6.45, 7) is 4.77. The number of sulfonamides is 1. The van der Waals surface area contributed by atoms with E-state index >= 15 is 0 Å². The van der Waals surface area contributed by atoms with Crippen LogP contribution in [0.2, 0.25) is 15.1 Å². The number of carbonyl (C=O) groups is 2. The van der Waals surface area contributed by atoms with Gasteiger partial charge in [0, 0.05) is 17.6 Å². The topological polar surface area (TPSA) is 96.0 Å². The summed E-state index contributed by atoms with van der Waals surface area (Å²) in [5.41, 5.74) is 0.802. The van der Waals surface area contributed by atoms with Crippen LogP contribution >= 0.6 is 34.8 Å². The van der Waals surface area contributed by atoms with Gasteiger partial charge in [-0.3, -0.25) is 13.9 Å². The zero-order chi connectivity index (χ0) is 30.3. The van der Waals surface area contributed by atoms with Crippen LogP contribution in [0.5, 0.6) is 5.75 Å². The number of hydrogen-bond acceptors (Lipinski definition) is 5.